The summed E-state index contributed by atoms with van der Waals surface area (Å²) in [5.74, 6) is 0.664. The first kappa shape index (κ1) is 24.0. The summed E-state index contributed by atoms with van der Waals surface area (Å²) < 4.78 is 44.9. The van der Waals surface area contributed by atoms with E-state index < -0.39 is 17.2 Å². The second-order valence-corrected chi connectivity index (χ2v) is 6.85. The van der Waals surface area contributed by atoms with Crippen molar-refractivity contribution in [3.05, 3.63) is 35.4 Å². The Morgan fingerprint density at radius 1 is 1.30 bits per heavy atom. The number of guanidine groups is 1. The molecule has 1 aliphatic rings. The number of hydrogen-bond donors (Lipinski definition) is 2. The Kier molecular flexibility index (Phi) is 9.33. The monoisotopic (exact) mass is 499 g/mol. The summed E-state index contributed by atoms with van der Waals surface area (Å²) in [6.07, 6.45) is -2.06. The van der Waals surface area contributed by atoms with E-state index in [2.05, 4.69) is 29.5 Å². The molecule has 27 heavy (non-hydrogen) atoms. The van der Waals surface area contributed by atoms with Crippen molar-refractivity contribution in [2.75, 3.05) is 26.8 Å². The Hall–Kier alpha value is -1.03. The number of ether oxygens (including phenoxy) is 1. The Morgan fingerprint density at radius 2 is 1.96 bits per heavy atom. The summed E-state index contributed by atoms with van der Waals surface area (Å²) in [4.78, 5) is 4.23. The number of nitrogens with one attached hydrogen (secondary N) is 2. The molecular weight excluding hydrogens is 470 g/mol. The molecule has 0 bridgehead atoms. The van der Waals surface area contributed by atoms with Crippen molar-refractivity contribution < 1.29 is 17.9 Å². The highest BCUT2D eigenvalue weighted by atomic mass is 127. The molecule has 2 N–H and O–H groups in total. The Balaban J connectivity index is 0.00000364. The molecule has 1 fully saturated rings. The summed E-state index contributed by atoms with van der Waals surface area (Å²) in [6, 6.07) is 5.93. The molecule has 1 aliphatic heterocycles. The fraction of sp³-hybridized carbons (Fsp3) is 0.632. The normalized spacial score (nSPS) is 18.4. The minimum atomic E-state index is -4.34. The Morgan fingerprint density at radius 3 is 2.52 bits per heavy atom. The van der Waals surface area contributed by atoms with Gasteiger partial charge in [-0.3, -0.25) is 4.99 Å². The molecule has 1 atom stereocenters. The van der Waals surface area contributed by atoms with Crippen LogP contribution in [0.1, 0.15) is 44.2 Å². The molecule has 8 heteroatoms. The predicted octanol–water partition coefficient (Wildman–Crippen LogP) is 4.34. The maximum atomic E-state index is 13.1. The Bertz CT molecular complexity index is 616. The van der Waals surface area contributed by atoms with Gasteiger partial charge < -0.3 is 15.4 Å². The molecule has 0 aliphatic carbocycles. The van der Waals surface area contributed by atoms with Crippen molar-refractivity contribution in [2.24, 2.45) is 4.99 Å². The second-order valence-electron chi connectivity index (χ2n) is 6.85. The molecule has 1 heterocycles. The maximum Gasteiger partial charge on any atom is 0.416 e. The van der Waals surface area contributed by atoms with Crippen LogP contribution in [0.15, 0.2) is 29.3 Å². The predicted molar refractivity (Wildman–Crippen MR) is 113 cm³/mol. The van der Waals surface area contributed by atoms with Crippen LogP contribution in [-0.2, 0) is 16.3 Å². The molecule has 1 saturated heterocycles. The number of nitrogens with zero attached hydrogens (tertiary/aromatic N) is 1. The van der Waals surface area contributed by atoms with E-state index in [0.717, 1.165) is 12.5 Å². The van der Waals surface area contributed by atoms with Crippen LogP contribution in [-0.4, -0.2) is 38.8 Å². The molecule has 0 amide bonds. The van der Waals surface area contributed by atoms with Gasteiger partial charge in [-0.1, -0.05) is 25.1 Å². The van der Waals surface area contributed by atoms with Gasteiger partial charge in [-0.25, -0.2) is 0 Å². The van der Waals surface area contributed by atoms with E-state index in [1.165, 1.54) is 12.1 Å². The van der Waals surface area contributed by atoms with Crippen LogP contribution in [0.25, 0.3) is 0 Å². The van der Waals surface area contributed by atoms with Crippen LogP contribution in [0.4, 0.5) is 13.2 Å². The van der Waals surface area contributed by atoms with Gasteiger partial charge in [0.05, 0.1) is 5.56 Å². The molecule has 1 aromatic rings. The summed E-state index contributed by atoms with van der Waals surface area (Å²) in [7, 11) is 1.69. The van der Waals surface area contributed by atoms with Crippen molar-refractivity contribution in [3.63, 3.8) is 0 Å². The minimum absolute atomic E-state index is 0. The van der Waals surface area contributed by atoms with Crippen molar-refractivity contribution >= 4 is 29.9 Å². The van der Waals surface area contributed by atoms with Gasteiger partial charge in [0.1, 0.15) is 0 Å². The van der Waals surface area contributed by atoms with Crippen LogP contribution in [0.2, 0.25) is 0 Å². The fourth-order valence-electron chi connectivity index (χ4n) is 3.14. The highest BCUT2D eigenvalue weighted by Gasteiger charge is 2.37. The van der Waals surface area contributed by atoms with Gasteiger partial charge in [-0.15, -0.1) is 24.0 Å². The van der Waals surface area contributed by atoms with E-state index in [9.17, 15) is 13.2 Å². The molecule has 0 radical (unpaired) electrons. The van der Waals surface area contributed by atoms with Crippen LogP contribution in [0.5, 0.6) is 0 Å². The van der Waals surface area contributed by atoms with Crippen LogP contribution >= 0.6 is 24.0 Å². The summed E-state index contributed by atoms with van der Waals surface area (Å²) in [5, 5.41) is 6.59. The molecule has 0 aromatic heterocycles. The third kappa shape index (κ3) is 6.51. The van der Waals surface area contributed by atoms with E-state index in [4.69, 9.17) is 4.74 Å². The first-order chi connectivity index (χ1) is 12.3. The zero-order valence-corrected chi connectivity index (χ0v) is 18.4. The number of aliphatic imine (C=N–C) groups is 1. The second kappa shape index (κ2) is 10.5. The summed E-state index contributed by atoms with van der Waals surface area (Å²) >= 11 is 0. The van der Waals surface area contributed by atoms with Crippen molar-refractivity contribution in [1.82, 2.24) is 10.6 Å². The SMILES string of the molecule is CCC(C)NC(=NC)NCC1(c2cccc(C(F)(F)F)c2)CCOCC1.I. The Labute approximate surface area is 176 Å². The molecule has 154 valence electrons. The van der Waals surface area contributed by atoms with E-state index in [1.807, 2.05) is 0 Å². The van der Waals surface area contributed by atoms with Crippen molar-refractivity contribution in [3.8, 4) is 0 Å². The van der Waals surface area contributed by atoms with Crippen LogP contribution < -0.4 is 10.6 Å². The minimum Gasteiger partial charge on any atom is -0.381 e. The summed E-state index contributed by atoms with van der Waals surface area (Å²) in [6.45, 7) is 5.72. The lowest BCUT2D eigenvalue weighted by molar-refractivity contribution is -0.137. The van der Waals surface area contributed by atoms with Gasteiger partial charge in [-0.2, -0.15) is 13.2 Å². The van der Waals surface area contributed by atoms with E-state index in [1.54, 1.807) is 13.1 Å². The molecule has 0 spiro atoms. The largest absolute Gasteiger partial charge is 0.416 e. The molecule has 4 nitrogen and oxygen atoms in total. The van der Waals surface area contributed by atoms with Crippen LogP contribution in [0, 0.1) is 0 Å². The molecular formula is C19H29F3IN3O. The van der Waals surface area contributed by atoms with Gasteiger partial charge >= 0.3 is 6.18 Å². The smallest absolute Gasteiger partial charge is 0.381 e. The molecule has 1 aromatic carbocycles. The third-order valence-corrected chi connectivity index (χ3v) is 5.07. The van der Waals surface area contributed by atoms with Gasteiger partial charge in [0.15, 0.2) is 5.96 Å². The van der Waals surface area contributed by atoms with Crippen molar-refractivity contribution in [2.45, 2.75) is 50.7 Å². The van der Waals surface area contributed by atoms with Gasteiger partial charge in [0.25, 0.3) is 0 Å². The number of benzene rings is 1. The van der Waals surface area contributed by atoms with Crippen LogP contribution in [0.3, 0.4) is 0 Å². The lowest BCUT2D eigenvalue weighted by Crippen LogP contribution is -2.49. The highest BCUT2D eigenvalue weighted by molar-refractivity contribution is 14.0. The maximum absolute atomic E-state index is 13.1. The third-order valence-electron chi connectivity index (χ3n) is 5.07. The molecule has 1 unspecified atom stereocenters. The molecule has 2 rings (SSSR count). The zero-order valence-electron chi connectivity index (χ0n) is 16.0. The standard InChI is InChI=1S/C19H28F3N3O.HI/c1-4-14(2)25-17(23-3)24-13-18(8-10-26-11-9-18)15-6-5-7-16(12-15)19(20,21)22;/h5-7,12,14H,4,8-11,13H2,1-3H3,(H2,23,24,25);1H. The number of rotatable bonds is 5. The first-order valence-electron chi connectivity index (χ1n) is 9.03. The summed E-state index contributed by atoms with van der Waals surface area (Å²) in [5.41, 5.74) is -0.322. The quantitative estimate of drug-likeness (QED) is 0.360. The van der Waals surface area contributed by atoms with E-state index in [-0.39, 0.29) is 30.0 Å². The fourth-order valence-corrected chi connectivity index (χ4v) is 3.14. The van der Waals surface area contributed by atoms with Gasteiger partial charge in [-0.05, 0) is 37.8 Å². The number of alkyl halides is 3. The first-order valence-corrected chi connectivity index (χ1v) is 9.03. The van der Waals surface area contributed by atoms with E-state index >= 15 is 0 Å². The average molecular weight is 499 g/mol. The highest BCUT2D eigenvalue weighted by Crippen LogP contribution is 2.37. The lowest BCUT2D eigenvalue weighted by atomic mass is 9.73. The average Bonchev–Trinajstić information content (AvgIpc) is 2.65. The zero-order chi connectivity index (χ0) is 19.2. The lowest BCUT2D eigenvalue weighted by Gasteiger charge is -2.38. The van der Waals surface area contributed by atoms with Crippen molar-refractivity contribution in [1.29, 1.82) is 0 Å². The molecule has 0 saturated carbocycles. The van der Waals surface area contributed by atoms with Gasteiger partial charge in [0.2, 0.25) is 0 Å². The van der Waals surface area contributed by atoms with E-state index in [0.29, 0.717) is 44.1 Å². The number of hydrogen-bond acceptors (Lipinski definition) is 2. The van der Waals surface area contributed by atoms with Gasteiger partial charge in [0, 0.05) is 38.3 Å². The topological polar surface area (TPSA) is 45.7 Å². The number of halogens is 4.